The second-order valence-corrected chi connectivity index (χ2v) is 8.09. The second kappa shape index (κ2) is 8.51. The molecule has 2 aromatic carbocycles. The zero-order chi connectivity index (χ0) is 22.1. The summed E-state index contributed by atoms with van der Waals surface area (Å²) >= 11 is 0. The van der Waals surface area contributed by atoms with Gasteiger partial charge in [-0.2, -0.15) is 0 Å². The van der Waals surface area contributed by atoms with Gasteiger partial charge in [-0.3, -0.25) is 9.59 Å². The summed E-state index contributed by atoms with van der Waals surface area (Å²) in [7, 11) is 3.70. The first-order valence-corrected chi connectivity index (χ1v) is 10.3. The minimum Gasteiger partial charge on any atom is -0.507 e. The first-order valence-electron chi connectivity index (χ1n) is 10.3. The Hall–Kier alpha value is -3.19. The minimum absolute atomic E-state index is 0.0921. The smallest absolute Gasteiger partial charge is 0.295 e. The second-order valence-electron chi connectivity index (χ2n) is 8.09. The maximum absolute atomic E-state index is 14.8. The molecule has 1 saturated heterocycles. The molecule has 31 heavy (non-hydrogen) atoms. The van der Waals surface area contributed by atoms with Gasteiger partial charge in [-0.05, 0) is 56.8 Å². The number of ether oxygens (including phenoxy) is 1. The number of ketones is 1. The molecule has 0 aromatic heterocycles. The van der Waals surface area contributed by atoms with Crippen LogP contribution in [0.4, 0.5) is 4.39 Å². The Morgan fingerprint density at radius 1 is 1.23 bits per heavy atom. The van der Waals surface area contributed by atoms with Crippen molar-refractivity contribution in [2.45, 2.75) is 18.9 Å². The summed E-state index contributed by atoms with van der Waals surface area (Å²) in [5, 5.41) is 11.1. The van der Waals surface area contributed by atoms with Gasteiger partial charge in [0.05, 0.1) is 18.2 Å². The highest BCUT2D eigenvalue weighted by Gasteiger charge is 2.46. The van der Waals surface area contributed by atoms with Crippen LogP contribution in [-0.4, -0.2) is 60.4 Å². The molecule has 7 heteroatoms. The molecule has 0 bridgehead atoms. The topological polar surface area (TPSA) is 70.1 Å². The molecule has 2 aliphatic rings. The molecule has 0 radical (unpaired) electrons. The molecule has 1 amide bonds. The van der Waals surface area contributed by atoms with Crippen LogP contribution in [0.25, 0.3) is 5.76 Å². The number of aliphatic hydroxyl groups excluding tert-OH is 1. The summed E-state index contributed by atoms with van der Waals surface area (Å²) in [5.41, 5.74) is 1.43. The molecule has 2 heterocycles. The van der Waals surface area contributed by atoms with Crippen LogP contribution in [0.5, 0.6) is 5.75 Å². The van der Waals surface area contributed by atoms with Gasteiger partial charge < -0.3 is 19.6 Å². The Kier molecular flexibility index (Phi) is 5.78. The van der Waals surface area contributed by atoms with E-state index in [1.807, 2.05) is 19.0 Å². The molecule has 0 aliphatic carbocycles. The molecule has 1 fully saturated rings. The highest BCUT2D eigenvalue weighted by Crippen LogP contribution is 2.40. The molecule has 4 rings (SSSR count). The number of fused-ring (bicyclic) bond motifs is 1. The van der Waals surface area contributed by atoms with E-state index in [0.29, 0.717) is 18.7 Å². The van der Waals surface area contributed by atoms with Gasteiger partial charge in [-0.1, -0.05) is 18.2 Å². The van der Waals surface area contributed by atoms with Crippen molar-refractivity contribution in [2.24, 2.45) is 0 Å². The maximum Gasteiger partial charge on any atom is 0.295 e. The van der Waals surface area contributed by atoms with E-state index in [2.05, 4.69) is 0 Å². The van der Waals surface area contributed by atoms with E-state index in [4.69, 9.17) is 4.74 Å². The van der Waals surface area contributed by atoms with E-state index in [0.717, 1.165) is 24.2 Å². The Bertz CT molecular complexity index is 1060. The summed E-state index contributed by atoms with van der Waals surface area (Å²) in [6.45, 7) is 1.36. The summed E-state index contributed by atoms with van der Waals surface area (Å²) in [6, 6.07) is 10.2. The fourth-order valence-electron chi connectivity index (χ4n) is 4.10. The highest BCUT2D eigenvalue weighted by atomic mass is 19.1. The monoisotopic (exact) mass is 424 g/mol. The van der Waals surface area contributed by atoms with E-state index in [9.17, 15) is 19.1 Å². The van der Waals surface area contributed by atoms with Crippen molar-refractivity contribution < 1.29 is 23.8 Å². The number of hydrogen-bond acceptors (Lipinski definition) is 5. The van der Waals surface area contributed by atoms with E-state index >= 15 is 0 Å². The summed E-state index contributed by atoms with van der Waals surface area (Å²) in [4.78, 5) is 29.1. The number of likely N-dealkylation sites (tertiary alicyclic amines) is 1. The van der Waals surface area contributed by atoms with Gasteiger partial charge in [0.25, 0.3) is 11.7 Å². The fourth-order valence-corrected chi connectivity index (χ4v) is 4.10. The standard InChI is InChI=1S/C24H25FN2O4/c1-26(2)11-12-27-21(17-7-3-4-8-18(17)25)20(23(29)24(27)30)22(28)16-9-10-19-15(14-16)6-5-13-31-19/h3-4,7-10,14,21,28H,5-6,11-13H2,1-2H3/b22-20+. The third kappa shape index (κ3) is 3.93. The van der Waals surface area contributed by atoms with Crippen LogP contribution in [0.3, 0.4) is 0 Å². The lowest BCUT2D eigenvalue weighted by Gasteiger charge is -2.27. The molecular formula is C24H25FN2O4. The summed E-state index contributed by atoms with van der Waals surface area (Å²) in [6.07, 6.45) is 1.66. The number of carbonyl (C=O) groups is 2. The van der Waals surface area contributed by atoms with Crippen LogP contribution in [0.15, 0.2) is 48.0 Å². The number of aryl methyl sites for hydroxylation is 1. The Balaban J connectivity index is 1.84. The van der Waals surface area contributed by atoms with Gasteiger partial charge in [-0.25, -0.2) is 4.39 Å². The number of nitrogens with zero attached hydrogens (tertiary/aromatic N) is 2. The first-order chi connectivity index (χ1) is 14.9. The molecule has 0 spiro atoms. The van der Waals surface area contributed by atoms with Crippen molar-refractivity contribution in [1.29, 1.82) is 0 Å². The largest absolute Gasteiger partial charge is 0.507 e. The quantitative estimate of drug-likeness (QED) is 0.454. The number of rotatable bonds is 5. The molecule has 2 aliphatic heterocycles. The van der Waals surface area contributed by atoms with Crippen molar-refractivity contribution in [3.8, 4) is 5.75 Å². The average Bonchev–Trinajstić information content (AvgIpc) is 3.01. The number of amides is 1. The van der Waals surface area contributed by atoms with Crippen LogP contribution in [-0.2, 0) is 16.0 Å². The van der Waals surface area contributed by atoms with Gasteiger partial charge in [-0.15, -0.1) is 0 Å². The van der Waals surface area contributed by atoms with Gasteiger partial charge >= 0.3 is 0 Å². The van der Waals surface area contributed by atoms with E-state index in [1.54, 1.807) is 36.4 Å². The Morgan fingerprint density at radius 3 is 2.74 bits per heavy atom. The van der Waals surface area contributed by atoms with Crippen LogP contribution >= 0.6 is 0 Å². The predicted molar refractivity (Wildman–Crippen MR) is 114 cm³/mol. The lowest BCUT2D eigenvalue weighted by molar-refractivity contribution is -0.140. The molecule has 1 N–H and O–H groups in total. The van der Waals surface area contributed by atoms with E-state index in [-0.39, 0.29) is 23.4 Å². The lowest BCUT2D eigenvalue weighted by atomic mass is 9.93. The number of aliphatic hydroxyl groups is 1. The van der Waals surface area contributed by atoms with Crippen LogP contribution in [0, 0.1) is 5.82 Å². The number of carbonyl (C=O) groups excluding carboxylic acids is 2. The zero-order valence-electron chi connectivity index (χ0n) is 17.6. The maximum atomic E-state index is 14.8. The molecule has 1 atom stereocenters. The summed E-state index contributed by atoms with van der Waals surface area (Å²) < 4.78 is 20.4. The highest BCUT2D eigenvalue weighted by molar-refractivity contribution is 6.46. The molecule has 1 unspecified atom stereocenters. The third-order valence-corrected chi connectivity index (χ3v) is 5.71. The summed E-state index contributed by atoms with van der Waals surface area (Å²) in [5.74, 6) is -1.63. The Labute approximate surface area is 180 Å². The first kappa shape index (κ1) is 21.1. The predicted octanol–water partition coefficient (Wildman–Crippen LogP) is 3.13. The van der Waals surface area contributed by atoms with Crippen LogP contribution in [0.2, 0.25) is 0 Å². The number of Topliss-reactive ketones (excluding diaryl/α,β-unsaturated/α-hetero) is 1. The van der Waals surface area contributed by atoms with Gasteiger partial charge in [0, 0.05) is 24.2 Å². The normalized spacial score (nSPS) is 20.1. The van der Waals surface area contributed by atoms with Crippen molar-refractivity contribution in [1.82, 2.24) is 9.80 Å². The molecule has 162 valence electrons. The van der Waals surface area contributed by atoms with Gasteiger partial charge in [0.1, 0.15) is 17.3 Å². The molecule has 6 nitrogen and oxygen atoms in total. The SMILES string of the molecule is CN(C)CCN1C(=O)C(=O)/C(=C(/O)c2ccc3c(c2)CCCO3)C1c1ccccc1F. The van der Waals surface area contributed by atoms with Crippen molar-refractivity contribution in [3.63, 3.8) is 0 Å². The number of halogens is 1. The zero-order valence-corrected chi connectivity index (χ0v) is 17.6. The van der Waals surface area contributed by atoms with E-state index in [1.165, 1.54) is 11.0 Å². The number of hydrogen-bond donors (Lipinski definition) is 1. The number of benzene rings is 2. The fraction of sp³-hybridized carbons (Fsp3) is 0.333. The average molecular weight is 424 g/mol. The van der Waals surface area contributed by atoms with Gasteiger partial charge in [0.15, 0.2) is 0 Å². The van der Waals surface area contributed by atoms with Crippen LogP contribution in [0.1, 0.15) is 29.2 Å². The minimum atomic E-state index is -0.992. The molecule has 0 saturated carbocycles. The molecule has 2 aromatic rings. The number of likely N-dealkylation sites (N-methyl/N-ethyl adjacent to an activating group) is 1. The van der Waals surface area contributed by atoms with Crippen molar-refractivity contribution in [3.05, 3.63) is 70.5 Å². The van der Waals surface area contributed by atoms with Crippen molar-refractivity contribution in [2.75, 3.05) is 33.8 Å². The Morgan fingerprint density at radius 2 is 2.00 bits per heavy atom. The van der Waals surface area contributed by atoms with E-state index < -0.39 is 23.5 Å². The third-order valence-electron chi connectivity index (χ3n) is 5.71. The molecular weight excluding hydrogens is 399 g/mol. The van der Waals surface area contributed by atoms with Gasteiger partial charge in [0.2, 0.25) is 0 Å². The van der Waals surface area contributed by atoms with Crippen LogP contribution < -0.4 is 4.74 Å². The lowest BCUT2D eigenvalue weighted by Crippen LogP contribution is -2.35. The van der Waals surface area contributed by atoms with Crippen molar-refractivity contribution >= 4 is 17.4 Å².